The van der Waals surface area contributed by atoms with Crippen LogP contribution in [0.2, 0.25) is 0 Å². The summed E-state index contributed by atoms with van der Waals surface area (Å²) in [5.74, 6) is -0.0296. The Morgan fingerprint density at radius 3 is 2.33 bits per heavy atom. The molecule has 1 aromatic carbocycles. The van der Waals surface area contributed by atoms with Gasteiger partial charge in [-0.2, -0.15) is 0 Å². The Balaban J connectivity index is 1.99. The van der Waals surface area contributed by atoms with Crippen LogP contribution < -0.4 is 0 Å². The van der Waals surface area contributed by atoms with Crippen LogP contribution in [0.25, 0.3) is 0 Å². The number of aryl methyl sites for hydroxylation is 1. The molecule has 0 amide bonds. The van der Waals surface area contributed by atoms with E-state index in [0.717, 1.165) is 12.0 Å². The van der Waals surface area contributed by atoms with Crippen LogP contribution >= 0.6 is 0 Å². The predicted molar refractivity (Wildman–Crippen MR) is 71.3 cm³/mol. The van der Waals surface area contributed by atoms with Gasteiger partial charge in [0.2, 0.25) is 0 Å². The van der Waals surface area contributed by atoms with Crippen LogP contribution in [0.4, 0.5) is 0 Å². The van der Waals surface area contributed by atoms with Crippen molar-refractivity contribution in [1.82, 2.24) is 0 Å². The number of carbonyl (C=O) groups is 1. The van der Waals surface area contributed by atoms with Crippen molar-refractivity contribution >= 4 is 15.6 Å². The lowest BCUT2D eigenvalue weighted by atomic mass is 9.97. The lowest BCUT2D eigenvalue weighted by Gasteiger charge is -2.07. The van der Waals surface area contributed by atoms with Crippen molar-refractivity contribution in [2.24, 2.45) is 5.92 Å². The Morgan fingerprint density at radius 2 is 1.83 bits per heavy atom. The third kappa shape index (κ3) is 3.19. The molecule has 3 nitrogen and oxygen atoms in total. The molecular weight excluding hydrogens is 248 g/mol. The number of hydrogen-bond donors (Lipinski definition) is 0. The first-order valence-corrected chi connectivity index (χ1v) is 8.13. The highest BCUT2D eigenvalue weighted by Gasteiger charge is 2.32. The van der Waals surface area contributed by atoms with E-state index in [1.54, 1.807) is 0 Å². The molecule has 1 aliphatic rings. The van der Waals surface area contributed by atoms with E-state index in [2.05, 4.69) is 6.92 Å². The summed E-state index contributed by atoms with van der Waals surface area (Å²) in [5, 5.41) is 0. The fourth-order valence-corrected chi connectivity index (χ4v) is 4.06. The molecule has 0 N–H and O–H groups in total. The maximum absolute atomic E-state index is 12.0. The smallest absolute Gasteiger partial charge is 0.151 e. The number of rotatable bonds is 4. The molecule has 0 saturated carbocycles. The molecule has 0 aliphatic carbocycles. The van der Waals surface area contributed by atoms with E-state index < -0.39 is 9.84 Å². The molecule has 0 aromatic heterocycles. The first-order chi connectivity index (χ1) is 8.50. The Morgan fingerprint density at radius 1 is 1.22 bits per heavy atom. The Bertz CT molecular complexity index is 529. The average Bonchev–Trinajstić information content (AvgIpc) is 2.71. The van der Waals surface area contributed by atoms with Crippen LogP contribution in [0.3, 0.4) is 0 Å². The number of benzene rings is 1. The first kappa shape index (κ1) is 13.3. The maximum Gasteiger partial charge on any atom is 0.151 e. The molecule has 1 aliphatic heterocycles. The molecule has 1 fully saturated rings. The molecule has 98 valence electrons. The number of ketones is 1. The van der Waals surface area contributed by atoms with Gasteiger partial charge in [0, 0.05) is 12.3 Å². The molecule has 4 heteroatoms. The first-order valence-electron chi connectivity index (χ1n) is 6.31. The van der Waals surface area contributed by atoms with E-state index >= 15 is 0 Å². The van der Waals surface area contributed by atoms with E-state index in [1.807, 2.05) is 24.3 Å². The summed E-state index contributed by atoms with van der Waals surface area (Å²) in [7, 11) is -2.96. The summed E-state index contributed by atoms with van der Waals surface area (Å²) in [5.41, 5.74) is 2.22. The average molecular weight is 266 g/mol. The Kier molecular flexibility index (Phi) is 3.85. The maximum atomic E-state index is 12.0. The fourth-order valence-electron chi connectivity index (χ4n) is 2.29. The summed E-state index contributed by atoms with van der Waals surface area (Å²) in [4.78, 5) is 12.0. The van der Waals surface area contributed by atoms with Gasteiger partial charge in [0.05, 0.1) is 11.5 Å². The van der Waals surface area contributed by atoms with E-state index in [0.29, 0.717) is 12.8 Å². The largest absolute Gasteiger partial charge is 0.299 e. The number of Topliss-reactive ketones (excluding diaryl/α,β-unsaturated/α-hetero) is 1. The quantitative estimate of drug-likeness (QED) is 0.835. The molecule has 18 heavy (non-hydrogen) atoms. The van der Waals surface area contributed by atoms with Gasteiger partial charge < -0.3 is 0 Å². The zero-order chi connectivity index (χ0) is 13.2. The molecule has 0 bridgehead atoms. The minimum Gasteiger partial charge on any atom is -0.299 e. The van der Waals surface area contributed by atoms with Crippen LogP contribution in [0.1, 0.15) is 24.5 Å². The van der Waals surface area contributed by atoms with Crippen LogP contribution in [0, 0.1) is 5.92 Å². The number of hydrogen-bond acceptors (Lipinski definition) is 3. The number of carbonyl (C=O) groups excluding carboxylic acids is 1. The highest BCUT2D eigenvalue weighted by Crippen LogP contribution is 2.21. The highest BCUT2D eigenvalue weighted by molar-refractivity contribution is 7.91. The second-order valence-electron chi connectivity index (χ2n) is 4.91. The van der Waals surface area contributed by atoms with Crippen molar-refractivity contribution in [2.75, 3.05) is 11.5 Å². The van der Waals surface area contributed by atoms with Gasteiger partial charge >= 0.3 is 0 Å². The third-order valence-electron chi connectivity index (χ3n) is 3.50. The van der Waals surface area contributed by atoms with Gasteiger partial charge in [0.25, 0.3) is 0 Å². The van der Waals surface area contributed by atoms with Crippen molar-refractivity contribution in [2.45, 2.75) is 26.2 Å². The third-order valence-corrected chi connectivity index (χ3v) is 5.27. The molecule has 2 rings (SSSR count). The molecular formula is C14H18O3S. The van der Waals surface area contributed by atoms with Gasteiger partial charge in [-0.3, -0.25) is 4.79 Å². The van der Waals surface area contributed by atoms with Gasteiger partial charge in [-0.25, -0.2) is 8.42 Å². The van der Waals surface area contributed by atoms with Gasteiger partial charge in [-0.15, -0.1) is 0 Å². The number of sulfone groups is 1. The summed E-state index contributed by atoms with van der Waals surface area (Å²) in [6.45, 7) is 2.09. The predicted octanol–water partition coefficient (Wildman–Crippen LogP) is 1.80. The molecule has 0 radical (unpaired) electrons. The fraction of sp³-hybridized carbons (Fsp3) is 0.500. The summed E-state index contributed by atoms with van der Waals surface area (Å²) in [6.07, 6.45) is 1.83. The minimum absolute atomic E-state index is 0.0406. The van der Waals surface area contributed by atoms with E-state index in [-0.39, 0.29) is 23.2 Å². The lowest BCUT2D eigenvalue weighted by Crippen LogP contribution is -2.18. The molecule has 1 saturated heterocycles. The molecule has 1 heterocycles. The minimum atomic E-state index is -2.96. The zero-order valence-electron chi connectivity index (χ0n) is 10.6. The van der Waals surface area contributed by atoms with Gasteiger partial charge in [0.1, 0.15) is 5.78 Å². The van der Waals surface area contributed by atoms with Crippen LogP contribution in [0.5, 0.6) is 0 Å². The summed E-state index contributed by atoms with van der Waals surface area (Å²) >= 11 is 0. The Labute approximate surface area is 108 Å². The zero-order valence-corrected chi connectivity index (χ0v) is 11.4. The second kappa shape index (κ2) is 5.22. The Hall–Kier alpha value is -1.16. The van der Waals surface area contributed by atoms with Gasteiger partial charge in [-0.05, 0) is 24.0 Å². The highest BCUT2D eigenvalue weighted by atomic mass is 32.2. The summed E-state index contributed by atoms with van der Waals surface area (Å²) in [6, 6.07) is 7.96. The SMILES string of the molecule is CCc1ccc(CC(=O)C2CCS(=O)(=O)C2)cc1. The van der Waals surface area contributed by atoms with Crippen molar-refractivity contribution < 1.29 is 13.2 Å². The normalized spacial score (nSPS) is 21.9. The molecule has 1 unspecified atom stereocenters. The van der Waals surface area contributed by atoms with Gasteiger partial charge in [0.15, 0.2) is 9.84 Å². The van der Waals surface area contributed by atoms with Crippen molar-refractivity contribution in [1.29, 1.82) is 0 Å². The monoisotopic (exact) mass is 266 g/mol. The topological polar surface area (TPSA) is 51.2 Å². The van der Waals surface area contributed by atoms with Crippen molar-refractivity contribution in [3.63, 3.8) is 0 Å². The van der Waals surface area contributed by atoms with Crippen molar-refractivity contribution in [3.8, 4) is 0 Å². The van der Waals surface area contributed by atoms with E-state index in [9.17, 15) is 13.2 Å². The van der Waals surface area contributed by atoms with Crippen LogP contribution in [0.15, 0.2) is 24.3 Å². The van der Waals surface area contributed by atoms with E-state index in [4.69, 9.17) is 0 Å². The lowest BCUT2D eigenvalue weighted by molar-refractivity contribution is -0.121. The summed E-state index contributed by atoms with van der Waals surface area (Å²) < 4.78 is 22.7. The van der Waals surface area contributed by atoms with Crippen LogP contribution in [-0.2, 0) is 27.5 Å². The van der Waals surface area contributed by atoms with Crippen LogP contribution in [-0.4, -0.2) is 25.7 Å². The van der Waals surface area contributed by atoms with Crippen molar-refractivity contribution in [3.05, 3.63) is 35.4 Å². The second-order valence-corrected chi connectivity index (χ2v) is 7.14. The molecule has 1 atom stereocenters. The molecule has 0 spiro atoms. The van der Waals surface area contributed by atoms with E-state index in [1.165, 1.54) is 5.56 Å². The standard InChI is InChI=1S/C14H18O3S/c1-2-11-3-5-12(6-4-11)9-14(15)13-7-8-18(16,17)10-13/h3-6,13H,2,7-10H2,1H3. The molecule has 1 aromatic rings. The van der Waals surface area contributed by atoms with Gasteiger partial charge in [-0.1, -0.05) is 31.2 Å².